The number of benzene rings is 2. The highest BCUT2D eigenvalue weighted by Gasteiger charge is 2.15. The van der Waals surface area contributed by atoms with Crippen molar-refractivity contribution < 1.29 is 14.3 Å². The van der Waals surface area contributed by atoms with E-state index >= 15 is 0 Å². The molecule has 0 saturated carbocycles. The van der Waals surface area contributed by atoms with Crippen molar-refractivity contribution in [3.63, 3.8) is 0 Å². The minimum absolute atomic E-state index is 0.304. The average molecular weight is 340 g/mol. The predicted octanol–water partition coefficient (Wildman–Crippen LogP) is 4.41. The van der Waals surface area contributed by atoms with Crippen molar-refractivity contribution in [2.45, 2.75) is 13.0 Å². The van der Waals surface area contributed by atoms with E-state index in [1.165, 1.54) is 0 Å². The number of anilines is 1. The molecule has 0 heterocycles. The highest BCUT2D eigenvalue weighted by Crippen LogP contribution is 2.23. The number of methoxy groups -OCH3 is 1. The molecule has 0 radical (unpaired) electrons. The average Bonchev–Trinajstić information content (AvgIpc) is 2.46. The van der Waals surface area contributed by atoms with Crippen LogP contribution < -0.4 is 14.8 Å². The van der Waals surface area contributed by atoms with Gasteiger partial charge in [0.05, 0.1) is 7.11 Å². The van der Waals surface area contributed by atoms with Crippen LogP contribution in [0.4, 0.5) is 5.69 Å². The molecule has 0 fully saturated rings. The van der Waals surface area contributed by atoms with Crippen LogP contribution in [0, 0.1) is 0 Å². The molecule has 1 N–H and O–H groups in total. The molecule has 2 rings (SSSR count). The van der Waals surface area contributed by atoms with Crippen molar-refractivity contribution in [2.24, 2.45) is 0 Å². The number of hydrogen-bond acceptors (Lipinski definition) is 3. The third kappa shape index (κ3) is 4.55. The first-order valence-corrected chi connectivity index (χ1v) is 7.31. The van der Waals surface area contributed by atoms with Crippen LogP contribution >= 0.6 is 23.2 Å². The van der Waals surface area contributed by atoms with Crippen LogP contribution in [-0.2, 0) is 4.79 Å². The Kier molecular flexibility index (Phi) is 5.52. The minimum Gasteiger partial charge on any atom is -0.497 e. The van der Waals surface area contributed by atoms with Crippen LogP contribution in [0.15, 0.2) is 42.5 Å². The van der Waals surface area contributed by atoms with E-state index in [1.807, 2.05) is 0 Å². The van der Waals surface area contributed by atoms with Gasteiger partial charge in [-0.3, -0.25) is 4.79 Å². The van der Waals surface area contributed by atoms with Gasteiger partial charge in [0.2, 0.25) is 0 Å². The third-order valence-electron chi connectivity index (χ3n) is 2.85. The van der Waals surface area contributed by atoms with Gasteiger partial charge in [-0.05, 0) is 37.3 Å². The zero-order valence-electron chi connectivity index (χ0n) is 12.1. The van der Waals surface area contributed by atoms with Gasteiger partial charge in [-0.2, -0.15) is 0 Å². The molecule has 0 aliphatic carbocycles. The molecular formula is C16H15Cl2NO3. The second-order valence-electron chi connectivity index (χ2n) is 4.59. The van der Waals surface area contributed by atoms with Crippen LogP contribution in [-0.4, -0.2) is 19.1 Å². The maximum Gasteiger partial charge on any atom is 0.265 e. The highest BCUT2D eigenvalue weighted by molar-refractivity contribution is 6.35. The Morgan fingerprint density at radius 1 is 1.09 bits per heavy atom. The topological polar surface area (TPSA) is 47.6 Å². The van der Waals surface area contributed by atoms with E-state index in [1.54, 1.807) is 56.5 Å². The van der Waals surface area contributed by atoms with Gasteiger partial charge in [-0.25, -0.2) is 0 Å². The normalized spacial score (nSPS) is 11.6. The summed E-state index contributed by atoms with van der Waals surface area (Å²) in [6.45, 7) is 1.65. The lowest BCUT2D eigenvalue weighted by Crippen LogP contribution is -2.30. The Morgan fingerprint density at radius 2 is 1.73 bits per heavy atom. The van der Waals surface area contributed by atoms with Crippen molar-refractivity contribution in [2.75, 3.05) is 12.4 Å². The minimum atomic E-state index is -0.690. The van der Waals surface area contributed by atoms with E-state index < -0.39 is 6.10 Å². The van der Waals surface area contributed by atoms with Crippen LogP contribution in [0.1, 0.15) is 6.92 Å². The summed E-state index contributed by atoms with van der Waals surface area (Å²) in [4.78, 5) is 12.1. The molecule has 1 amide bonds. The number of carbonyl (C=O) groups is 1. The van der Waals surface area contributed by atoms with Crippen LogP contribution in [0.3, 0.4) is 0 Å². The molecule has 1 atom stereocenters. The SMILES string of the molecule is COc1cccc(O[C@H](C)C(=O)Nc2cc(Cl)cc(Cl)c2)c1. The Balaban J connectivity index is 2.02. The molecule has 0 aromatic heterocycles. The van der Waals surface area contributed by atoms with E-state index in [0.29, 0.717) is 27.2 Å². The lowest BCUT2D eigenvalue weighted by molar-refractivity contribution is -0.122. The van der Waals surface area contributed by atoms with E-state index in [4.69, 9.17) is 32.7 Å². The Bertz CT molecular complexity index is 656. The summed E-state index contributed by atoms with van der Waals surface area (Å²) in [5.74, 6) is 0.902. The molecular weight excluding hydrogens is 325 g/mol. The molecule has 6 heteroatoms. The molecule has 4 nitrogen and oxygen atoms in total. The van der Waals surface area contributed by atoms with Gasteiger partial charge in [0, 0.05) is 21.8 Å². The number of nitrogens with one attached hydrogen (secondary N) is 1. The van der Waals surface area contributed by atoms with Crippen molar-refractivity contribution >= 4 is 34.8 Å². The molecule has 2 aromatic rings. The van der Waals surface area contributed by atoms with Gasteiger partial charge >= 0.3 is 0 Å². The van der Waals surface area contributed by atoms with E-state index in [9.17, 15) is 4.79 Å². The summed E-state index contributed by atoms with van der Waals surface area (Å²) in [5, 5.41) is 3.60. The molecule has 0 saturated heterocycles. The van der Waals surface area contributed by atoms with Crippen molar-refractivity contribution in [3.8, 4) is 11.5 Å². The molecule has 2 aromatic carbocycles. The monoisotopic (exact) mass is 339 g/mol. The van der Waals surface area contributed by atoms with E-state index in [-0.39, 0.29) is 5.91 Å². The molecule has 0 unspecified atom stereocenters. The first-order chi connectivity index (χ1) is 10.5. The fourth-order valence-corrected chi connectivity index (χ4v) is 2.33. The predicted molar refractivity (Wildman–Crippen MR) is 88.2 cm³/mol. The first kappa shape index (κ1) is 16.5. The molecule has 22 heavy (non-hydrogen) atoms. The zero-order valence-corrected chi connectivity index (χ0v) is 13.6. The van der Waals surface area contributed by atoms with Crippen LogP contribution in [0.5, 0.6) is 11.5 Å². The largest absolute Gasteiger partial charge is 0.497 e. The summed E-state index contributed by atoms with van der Waals surface area (Å²) in [6.07, 6.45) is -0.690. The van der Waals surface area contributed by atoms with Crippen LogP contribution in [0.2, 0.25) is 10.0 Å². The maximum atomic E-state index is 12.1. The molecule has 0 aliphatic heterocycles. The summed E-state index contributed by atoms with van der Waals surface area (Å²) < 4.78 is 10.7. The lowest BCUT2D eigenvalue weighted by Gasteiger charge is -2.15. The second-order valence-corrected chi connectivity index (χ2v) is 5.46. The number of amides is 1. The van der Waals surface area contributed by atoms with Crippen molar-refractivity contribution in [1.29, 1.82) is 0 Å². The summed E-state index contributed by atoms with van der Waals surface area (Å²) in [6, 6.07) is 11.9. The fourth-order valence-electron chi connectivity index (χ4n) is 1.80. The van der Waals surface area contributed by atoms with Gasteiger partial charge in [-0.15, -0.1) is 0 Å². The number of ether oxygens (including phenoxy) is 2. The number of rotatable bonds is 5. The first-order valence-electron chi connectivity index (χ1n) is 6.55. The summed E-state index contributed by atoms with van der Waals surface area (Å²) in [7, 11) is 1.57. The number of halogens is 2. The van der Waals surface area contributed by atoms with Gasteiger partial charge in [0.15, 0.2) is 6.10 Å². The lowest BCUT2D eigenvalue weighted by atomic mass is 10.3. The smallest absolute Gasteiger partial charge is 0.265 e. The Labute approximate surface area is 138 Å². The van der Waals surface area contributed by atoms with E-state index in [0.717, 1.165) is 0 Å². The van der Waals surface area contributed by atoms with Gasteiger partial charge in [0.25, 0.3) is 5.91 Å². The summed E-state index contributed by atoms with van der Waals surface area (Å²) in [5.41, 5.74) is 0.517. The quantitative estimate of drug-likeness (QED) is 0.877. The maximum absolute atomic E-state index is 12.1. The van der Waals surface area contributed by atoms with Crippen LogP contribution in [0.25, 0.3) is 0 Å². The van der Waals surface area contributed by atoms with Gasteiger partial charge in [-0.1, -0.05) is 29.3 Å². The number of carbonyl (C=O) groups excluding carboxylic acids is 1. The molecule has 0 aliphatic rings. The van der Waals surface area contributed by atoms with Crippen molar-refractivity contribution in [3.05, 3.63) is 52.5 Å². The van der Waals surface area contributed by atoms with Gasteiger partial charge in [0.1, 0.15) is 11.5 Å². The highest BCUT2D eigenvalue weighted by atomic mass is 35.5. The second kappa shape index (κ2) is 7.38. The molecule has 116 valence electrons. The van der Waals surface area contributed by atoms with Gasteiger partial charge < -0.3 is 14.8 Å². The van der Waals surface area contributed by atoms with E-state index in [2.05, 4.69) is 5.32 Å². The third-order valence-corrected chi connectivity index (χ3v) is 3.29. The summed E-state index contributed by atoms with van der Waals surface area (Å²) >= 11 is 11.8. The fraction of sp³-hybridized carbons (Fsp3) is 0.188. The zero-order chi connectivity index (χ0) is 16.1. The standard InChI is InChI=1S/C16H15Cl2NO3/c1-10(22-15-5-3-4-14(9-15)21-2)16(20)19-13-7-11(17)6-12(18)8-13/h3-10H,1-2H3,(H,19,20)/t10-/m1/s1. The number of hydrogen-bond donors (Lipinski definition) is 1. The Hall–Kier alpha value is -1.91. The van der Waals surface area contributed by atoms with Crippen molar-refractivity contribution in [1.82, 2.24) is 0 Å². The molecule has 0 bridgehead atoms. The Morgan fingerprint density at radius 3 is 2.36 bits per heavy atom. The molecule has 0 spiro atoms.